The van der Waals surface area contributed by atoms with E-state index in [2.05, 4.69) is 16.8 Å². The van der Waals surface area contributed by atoms with Crippen molar-refractivity contribution in [2.75, 3.05) is 19.0 Å². The number of aromatic nitrogens is 1. The molecule has 0 aliphatic heterocycles. The van der Waals surface area contributed by atoms with E-state index >= 15 is 0 Å². The fourth-order valence-electron chi connectivity index (χ4n) is 2.11. The molecule has 0 N–H and O–H groups in total. The summed E-state index contributed by atoms with van der Waals surface area (Å²) in [5.41, 5.74) is 3.03. The molecule has 0 amide bonds. The van der Waals surface area contributed by atoms with E-state index < -0.39 is 11.2 Å². The largest absolute Gasteiger partial charge is 1.00 e. The summed E-state index contributed by atoms with van der Waals surface area (Å²) in [6, 6.07) is 8.05. The van der Waals surface area contributed by atoms with E-state index in [-0.39, 0.29) is 29.6 Å². The number of rotatable bonds is 8. The zero-order valence-electron chi connectivity index (χ0n) is 16.2. The molecule has 0 saturated carbocycles. The van der Waals surface area contributed by atoms with Crippen molar-refractivity contribution in [3.8, 4) is 23.3 Å². The van der Waals surface area contributed by atoms with E-state index in [0.29, 0.717) is 31.3 Å². The fourth-order valence-corrected chi connectivity index (χ4v) is 2.68. The first-order chi connectivity index (χ1) is 12.5. The quantitative estimate of drug-likeness (QED) is 0.338. The number of carbonyl (C=O) groups is 1. The number of carbonyl (C=O) groups excluding carboxylic acids is 1. The van der Waals surface area contributed by atoms with Gasteiger partial charge < -0.3 is 19.1 Å². The van der Waals surface area contributed by atoms with Gasteiger partial charge in [-0.3, -0.25) is 0 Å². The summed E-state index contributed by atoms with van der Waals surface area (Å²) in [6.07, 6.45) is 0.652. The molecule has 27 heavy (non-hydrogen) atoms. The van der Waals surface area contributed by atoms with Crippen molar-refractivity contribution in [1.29, 1.82) is 0 Å². The average Bonchev–Trinajstić information content (AvgIpc) is 2.98. The van der Waals surface area contributed by atoms with Gasteiger partial charge in [-0.15, -0.1) is 11.8 Å². The van der Waals surface area contributed by atoms with Crippen LogP contribution in [-0.4, -0.2) is 35.2 Å². The molecule has 2 aromatic rings. The molecule has 0 saturated heterocycles. The number of aliphatic carboxylic acids is 1. The zero-order valence-corrected chi connectivity index (χ0v) is 19.0. The molecule has 138 valence electrons. The van der Waals surface area contributed by atoms with Gasteiger partial charge in [-0.2, -0.15) is 0 Å². The number of carboxylic acids is 1. The van der Waals surface area contributed by atoms with Gasteiger partial charge in [0.1, 0.15) is 12.4 Å². The maximum atomic E-state index is 10.6. The van der Waals surface area contributed by atoms with E-state index in [9.17, 15) is 9.90 Å². The predicted octanol–water partition coefficient (Wildman–Crippen LogP) is -0.603. The third-order valence-electron chi connectivity index (χ3n) is 3.71. The Bertz CT molecular complexity index is 793. The SMILES string of the molecule is Cc1ccc(-c2nc(CCOCC#CCSC(C)C(=O)[O-])c(C)o2)cc1.[Na+]. The molecule has 5 nitrogen and oxygen atoms in total. The van der Waals surface area contributed by atoms with Gasteiger partial charge in [0.15, 0.2) is 0 Å². The van der Waals surface area contributed by atoms with Crippen molar-refractivity contribution in [3.05, 3.63) is 41.3 Å². The second kappa shape index (κ2) is 12.3. The van der Waals surface area contributed by atoms with Crippen molar-refractivity contribution in [1.82, 2.24) is 4.98 Å². The topological polar surface area (TPSA) is 75.4 Å². The van der Waals surface area contributed by atoms with Gasteiger partial charge in [0.25, 0.3) is 0 Å². The summed E-state index contributed by atoms with van der Waals surface area (Å²) in [5, 5.41) is 10.0. The van der Waals surface area contributed by atoms with E-state index in [1.165, 1.54) is 17.3 Å². The minimum atomic E-state index is -1.07. The van der Waals surface area contributed by atoms with Crippen LogP contribution in [-0.2, 0) is 16.0 Å². The molecule has 0 aliphatic carbocycles. The van der Waals surface area contributed by atoms with E-state index in [1.807, 2.05) is 38.1 Å². The van der Waals surface area contributed by atoms with Crippen LogP contribution in [0.2, 0.25) is 0 Å². The second-order valence-electron chi connectivity index (χ2n) is 5.82. The van der Waals surface area contributed by atoms with Crippen molar-refractivity contribution >= 4 is 17.7 Å². The number of thioether (sulfide) groups is 1. The van der Waals surface area contributed by atoms with Crippen LogP contribution in [0, 0.1) is 25.7 Å². The molecule has 1 unspecified atom stereocenters. The van der Waals surface area contributed by atoms with Crippen LogP contribution in [0.1, 0.15) is 23.9 Å². The standard InChI is InChI=1S/C20H23NO4S.Na/c1-14-6-8-17(9-7-14)19-21-18(15(2)25-19)10-12-24-11-4-5-13-26-16(3)20(22)23;/h6-9,16H,10-13H2,1-3H3,(H,22,23);/q;+1/p-1. The minimum absolute atomic E-state index is 0. The second-order valence-corrected chi connectivity index (χ2v) is 7.15. The normalized spacial score (nSPS) is 11.2. The van der Waals surface area contributed by atoms with Gasteiger partial charge in [0.05, 0.1) is 24.0 Å². The summed E-state index contributed by atoms with van der Waals surface area (Å²) in [6.45, 7) is 6.33. The van der Waals surface area contributed by atoms with Crippen LogP contribution in [0.5, 0.6) is 0 Å². The van der Waals surface area contributed by atoms with Crippen LogP contribution in [0.25, 0.3) is 11.5 Å². The first-order valence-corrected chi connectivity index (χ1v) is 9.41. The molecule has 0 aliphatic rings. The number of carboxylic acid groups (broad SMARTS) is 1. The summed E-state index contributed by atoms with van der Waals surface area (Å²) in [4.78, 5) is 15.1. The average molecular weight is 395 g/mol. The van der Waals surface area contributed by atoms with Crippen LogP contribution in [0.4, 0.5) is 0 Å². The molecule has 7 heteroatoms. The Hall–Kier alpha value is -1.23. The molecule has 0 radical (unpaired) electrons. The maximum Gasteiger partial charge on any atom is 1.00 e. The molecule has 1 aromatic heterocycles. The fraction of sp³-hybridized carbons (Fsp3) is 0.400. The molecule has 2 rings (SSSR count). The molecule has 0 bridgehead atoms. The Kier molecular flexibility index (Phi) is 10.8. The monoisotopic (exact) mass is 395 g/mol. The first kappa shape index (κ1) is 23.8. The zero-order chi connectivity index (χ0) is 18.9. The maximum absolute atomic E-state index is 10.6. The Balaban J connectivity index is 0.00000364. The van der Waals surface area contributed by atoms with Crippen LogP contribution < -0.4 is 34.7 Å². The van der Waals surface area contributed by atoms with Crippen molar-refractivity contribution < 1.29 is 48.6 Å². The van der Waals surface area contributed by atoms with Gasteiger partial charge in [0.2, 0.25) is 5.89 Å². The van der Waals surface area contributed by atoms with Crippen molar-refractivity contribution in [2.45, 2.75) is 32.4 Å². The van der Waals surface area contributed by atoms with E-state index in [4.69, 9.17) is 9.15 Å². The molecular weight excluding hydrogens is 373 g/mol. The Labute approximate surface area is 186 Å². The smallest absolute Gasteiger partial charge is 0.549 e. The van der Waals surface area contributed by atoms with Gasteiger partial charge in [-0.25, -0.2) is 4.98 Å². The number of ether oxygens (including phenoxy) is 1. The molecule has 0 spiro atoms. The van der Waals surface area contributed by atoms with Crippen LogP contribution in [0.3, 0.4) is 0 Å². The third-order valence-corrected chi connectivity index (χ3v) is 4.71. The number of nitrogens with zero attached hydrogens (tertiary/aromatic N) is 1. The summed E-state index contributed by atoms with van der Waals surface area (Å²) >= 11 is 1.23. The van der Waals surface area contributed by atoms with Gasteiger partial charge in [0, 0.05) is 17.2 Å². The van der Waals surface area contributed by atoms with Crippen molar-refractivity contribution in [2.24, 2.45) is 0 Å². The molecule has 0 fully saturated rings. The van der Waals surface area contributed by atoms with E-state index in [0.717, 1.165) is 17.0 Å². The molecule has 1 heterocycles. The third kappa shape index (κ3) is 8.12. The molecular formula is C20H22NNaO4S. The minimum Gasteiger partial charge on any atom is -0.549 e. The van der Waals surface area contributed by atoms with Gasteiger partial charge in [-0.1, -0.05) is 29.5 Å². The van der Waals surface area contributed by atoms with Crippen molar-refractivity contribution in [3.63, 3.8) is 0 Å². The molecule has 1 aromatic carbocycles. The summed E-state index contributed by atoms with van der Waals surface area (Å²) in [5.74, 6) is 6.53. The Morgan fingerprint density at radius 2 is 2.00 bits per heavy atom. The number of oxazole rings is 1. The first-order valence-electron chi connectivity index (χ1n) is 8.36. The Morgan fingerprint density at radius 3 is 2.67 bits per heavy atom. The summed E-state index contributed by atoms with van der Waals surface area (Å²) < 4.78 is 11.2. The summed E-state index contributed by atoms with van der Waals surface area (Å²) in [7, 11) is 0. The molecule has 1 atom stereocenters. The van der Waals surface area contributed by atoms with Gasteiger partial charge >= 0.3 is 29.6 Å². The number of benzene rings is 1. The van der Waals surface area contributed by atoms with Gasteiger partial charge in [-0.05, 0) is 32.9 Å². The van der Waals surface area contributed by atoms with Crippen LogP contribution in [0.15, 0.2) is 28.7 Å². The van der Waals surface area contributed by atoms with E-state index in [1.54, 1.807) is 6.92 Å². The number of aryl methyl sites for hydroxylation is 2. The number of hydrogen-bond donors (Lipinski definition) is 0. The number of hydrogen-bond acceptors (Lipinski definition) is 6. The van der Waals surface area contributed by atoms with Crippen LogP contribution >= 0.6 is 11.8 Å². The Morgan fingerprint density at radius 1 is 1.30 bits per heavy atom. The predicted molar refractivity (Wildman–Crippen MR) is 101 cm³/mol.